The van der Waals surface area contributed by atoms with Gasteiger partial charge >= 0.3 is 0 Å². The van der Waals surface area contributed by atoms with Gasteiger partial charge in [-0.05, 0) is 26.7 Å². The molecule has 20 heavy (non-hydrogen) atoms. The Morgan fingerprint density at radius 1 is 1.25 bits per heavy atom. The van der Waals surface area contributed by atoms with E-state index in [4.69, 9.17) is 14.2 Å². The summed E-state index contributed by atoms with van der Waals surface area (Å²) >= 11 is 0. The predicted octanol–water partition coefficient (Wildman–Crippen LogP) is 1.02. The van der Waals surface area contributed by atoms with E-state index < -0.39 is 15.8 Å². The Kier molecular flexibility index (Phi) is 5.42. The molecule has 1 spiro atoms. The molecule has 0 bridgehead atoms. The van der Waals surface area contributed by atoms with Crippen LogP contribution < -0.4 is 4.72 Å². The highest BCUT2D eigenvalue weighted by molar-refractivity contribution is 7.89. The van der Waals surface area contributed by atoms with E-state index in [0.717, 1.165) is 25.7 Å². The van der Waals surface area contributed by atoms with E-state index in [-0.39, 0.29) is 24.5 Å². The average molecular weight is 307 g/mol. The summed E-state index contributed by atoms with van der Waals surface area (Å²) in [5.41, 5.74) is 0. The van der Waals surface area contributed by atoms with Crippen LogP contribution in [0.25, 0.3) is 0 Å². The third kappa shape index (κ3) is 4.66. The summed E-state index contributed by atoms with van der Waals surface area (Å²) < 4.78 is 43.2. The van der Waals surface area contributed by atoms with Crippen LogP contribution in [-0.4, -0.2) is 51.9 Å². The van der Waals surface area contributed by atoms with Crippen LogP contribution >= 0.6 is 0 Å². The van der Waals surface area contributed by atoms with E-state index in [1.54, 1.807) is 0 Å². The number of rotatable bonds is 6. The van der Waals surface area contributed by atoms with Gasteiger partial charge in [0.15, 0.2) is 5.79 Å². The first-order valence-electron chi connectivity index (χ1n) is 7.30. The van der Waals surface area contributed by atoms with Crippen molar-refractivity contribution in [1.82, 2.24) is 4.72 Å². The van der Waals surface area contributed by atoms with Crippen molar-refractivity contribution < 1.29 is 22.6 Å². The summed E-state index contributed by atoms with van der Waals surface area (Å²) in [5.74, 6) is -0.428. The Hall–Kier alpha value is -0.210. The van der Waals surface area contributed by atoms with E-state index in [1.165, 1.54) is 0 Å². The molecule has 0 aromatic rings. The zero-order valence-electron chi connectivity index (χ0n) is 12.3. The van der Waals surface area contributed by atoms with Crippen molar-refractivity contribution >= 4 is 10.0 Å². The van der Waals surface area contributed by atoms with Gasteiger partial charge in [-0.1, -0.05) is 0 Å². The molecule has 0 radical (unpaired) electrons. The molecule has 118 valence electrons. The molecule has 0 amide bonds. The van der Waals surface area contributed by atoms with Crippen molar-refractivity contribution in [3.63, 3.8) is 0 Å². The van der Waals surface area contributed by atoms with E-state index in [0.29, 0.717) is 13.2 Å². The Balaban J connectivity index is 1.74. The van der Waals surface area contributed by atoms with Gasteiger partial charge in [0.1, 0.15) is 0 Å². The molecule has 0 aromatic heterocycles. The number of sulfonamides is 1. The van der Waals surface area contributed by atoms with E-state index in [9.17, 15) is 8.42 Å². The lowest BCUT2D eigenvalue weighted by atomic mass is 9.91. The van der Waals surface area contributed by atoms with Crippen molar-refractivity contribution in [1.29, 1.82) is 0 Å². The third-order valence-electron chi connectivity index (χ3n) is 3.71. The molecule has 0 unspecified atom stereocenters. The van der Waals surface area contributed by atoms with E-state index >= 15 is 0 Å². The molecule has 1 saturated heterocycles. The highest BCUT2D eigenvalue weighted by Crippen LogP contribution is 2.35. The van der Waals surface area contributed by atoms with Crippen LogP contribution in [0.3, 0.4) is 0 Å². The van der Waals surface area contributed by atoms with Crippen molar-refractivity contribution in [3.8, 4) is 0 Å². The predicted molar refractivity (Wildman–Crippen MR) is 74.9 cm³/mol. The highest BCUT2D eigenvalue weighted by atomic mass is 32.2. The summed E-state index contributed by atoms with van der Waals surface area (Å²) in [6, 6.07) is -0.0162. The summed E-state index contributed by atoms with van der Waals surface area (Å²) in [6.45, 7) is 5.30. The average Bonchev–Trinajstić information content (AvgIpc) is 2.80. The lowest BCUT2D eigenvalue weighted by Gasteiger charge is -2.35. The molecule has 6 nitrogen and oxygen atoms in total. The van der Waals surface area contributed by atoms with Crippen LogP contribution in [0.1, 0.15) is 39.5 Å². The normalized spacial score (nSPS) is 23.8. The van der Waals surface area contributed by atoms with Crippen molar-refractivity contribution in [2.45, 2.75) is 57.5 Å². The standard InChI is InChI=1S/C13H25NO5S/c1-11(2)17-9-10-20(15,16)14-12-3-5-13(6-4-12)18-7-8-19-13/h11-12,14H,3-10H2,1-2H3. The second-order valence-electron chi connectivity index (χ2n) is 5.74. The maximum atomic E-state index is 11.9. The van der Waals surface area contributed by atoms with E-state index in [1.807, 2.05) is 13.8 Å². The van der Waals surface area contributed by atoms with Gasteiger partial charge in [-0.15, -0.1) is 0 Å². The zero-order valence-corrected chi connectivity index (χ0v) is 13.1. The topological polar surface area (TPSA) is 73.9 Å². The minimum Gasteiger partial charge on any atom is -0.378 e. The maximum Gasteiger partial charge on any atom is 0.214 e. The van der Waals surface area contributed by atoms with Gasteiger partial charge in [-0.3, -0.25) is 0 Å². The molecule has 1 aliphatic carbocycles. The lowest BCUT2D eigenvalue weighted by molar-refractivity contribution is -0.178. The minimum absolute atomic E-state index is 0.0137. The van der Waals surface area contributed by atoms with Crippen LogP contribution in [0.5, 0.6) is 0 Å². The molecule has 1 aliphatic heterocycles. The molecule has 0 atom stereocenters. The molecule has 1 heterocycles. The van der Waals surface area contributed by atoms with Crippen LogP contribution in [0.4, 0.5) is 0 Å². The first-order valence-corrected chi connectivity index (χ1v) is 8.96. The maximum absolute atomic E-state index is 11.9. The van der Waals surface area contributed by atoms with Crippen molar-refractivity contribution in [2.75, 3.05) is 25.6 Å². The summed E-state index contributed by atoms with van der Waals surface area (Å²) in [4.78, 5) is 0. The van der Waals surface area contributed by atoms with Gasteiger partial charge < -0.3 is 14.2 Å². The molecule has 1 N–H and O–H groups in total. The van der Waals surface area contributed by atoms with Gasteiger partial charge in [0.2, 0.25) is 10.0 Å². The number of ether oxygens (including phenoxy) is 3. The molecule has 0 aromatic carbocycles. The molecule has 1 saturated carbocycles. The van der Waals surface area contributed by atoms with Gasteiger partial charge in [0.25, 0.3) is 0 Å². The van der Waals surface area contributed by atoms with Gasteiger partial charge in [-0.25, -0.2) is 13.1 Å². The van der Waals surface area contributed by atoms with Crippen molar-refractivity contribution in [2.24, 2.45) is 0 Å². The minimum atomic E-state index is -3.27. The summed E-state index contributed by atoms with van der Waals surface area (Å²) in [7, 11) is -3.27. The second kappa shape index (κ2) is 6.70. The van der Waals surface area contributed by atoms with Crippen LogP contribution in [0.15, 0.2) is 0 Å². The van der Waals surface area contributed by atoms with Gasteiger partial charge in [-0.2, -0.15) is 0 Å². The molecular formula is C13H25NO5S. The number of nitrogens with one attached hydrogen (secondary N) is 1. The fourth-order valence-electron chi connectivity index (χ4n) is 2.67. The Bertz CT molecular complexity index is 393. The van der Waals surface area contributed by atoms with Gasteiger partial charge in [0.05, 0.1) is 31.7 Å². The number of hydrogen-bond acceptors (Lipinski definition) is 5. The summed E-state index contributed by atoms with van der Waals surface area (Å²) in [6.07, 6.45) is 3.07. The van der Waals surface area contributed by atoms with Gasteiger partial charge in [0, 0.05) is 18.9 Å². The molecule has 2 aliphatic rings. The highest BCUT2D eigenvalue weighted by Gasteiger charge is 2.40. The number of hydrogen-bond donors (Lipinski definition) is 1. The molecular weight excluding hydrogens is 282 g/mol. The molecule has 2 fully saturated rings. The second-order valence-corrected chi connectivity index (χ2v) is 7.61. The largest absolute Gasteiger partial charge is 0.378 e. The van der Waals surface area contributed by atoms with E-state index in [2.05, 4.69) is 4.72 Å². The third-order valence-corrected chi connectivity index (χ3v) is 5.11. The molecule has 7 heteroatoms. The van der Waals surface area contributed by atoms with Crippen molar-refractivity contribution in [3.05, 3.63) is 0 Å². The lowest BCUT2D eigenvalue weighted by Crippen LogP contribution is -2.44. The van der Waals surface area contributed by atoms with Crippen LogP contribution in [-0.2, 0) is 24.2 Å². The smallest absolute Gasteiger partial charge is 0.214 e. The first-order chi connectivity index (χ1) is 9.41. The Labute approximate surface area is 121 Å². The molecule has 2 rings (SSSR count). The van der Waals surface area contributed by atoms with Crippen LogP contribution in [0, 0.1) is 0 Å². The zero-order chi connectivity index (χ0) is 14.6. The Morgan fingerprint density at radius 3 is 2.40 bits per heavy atom. The fourth-order valence-corrected chi connectivity index (χ4v) is 3.84. The quantitative estimate of drug-likeness (QED) is 0.793. The Morgan fingerprint density at radius 2 is 1.85 bits per heavy atom. The van der Waals surface area contributed by atoms with Crippen LogP contribution in [0.2, 0.25) is 0 Å². The fraction of sp³-hybridized carbons (Fsp3) is 1.00. The summed E-state index contributed by atoms with van der Waals surface area (Å²) in [5, 5.41) is 0. The SMILES string of the molecule is CC(C)OCCS(=O)(=O)NC1CCC2(CC1)OCCO2. The first kappa shape index (κ1) is 16.2. The monoisotopic (exact) mass is 307 g/mol.